The number of imide groups is 2. The van der Waals surface area contributed by atoms with Crippen LogP contribution in [0.3, 0.4) is 0 Å². The van der Waals surface area contributed by atoms with Gasteiger partial charge < -0.3 is 5.32 Å². The van der Waals surface area contributed by atoms with Crippen LogP contribution in [0.25, 0.3) is 0 Å². The lowest BCUT2D eigenvalue weighted by atomic mass is 9.89. The number of hydrogen-bond donors (Lipinski definition) is 2. The molecule has 2 N–H and O–H groups in total. The highest BCUT2D eigenvalue weighted by Gasteiger charge is 2.47. The number of hydrogen-bond acceptors (Lipinski definition) is 4. The fraction of sp³-hybridized carbons (Fsp3) is 0.667. The summed E-state index contributed by atoms with van der Waals surface area (Å²) in [5.74, 6) is -1.79. The zero-order chi connectivity index (χ0) is 15.0. The molecule has 1 fully saturated rings. The molecule has 0 aromatic heterocycles. The van der Waals surface area contributed by atoms with Gasteiger partial charge in [-0.05, 0) is 34.6 Å². The van der Waals surface area contributed by atoms with Crippen LogP contribution in [0.5, 0.6) is 0 Å². The maximum Gasteiger partial charge on any atom is 0.331 e. The standard InChI is InChI=1S/C12H19N3O4/c1-11(2,3)14-7(16)6-15-9(18)12(4,5)8(17)13-10(15)19/h6H2,1-5H3,(H,14,16)(H,13,17,19). The van der Waals surface area contributed by atoms with Crippen molar-refractivity contribution >= 4 is 23.8 Å². The number of nitrogens with one attached hydrogen (secondary N) is 2. The molecule has 1 heterocycles. The Balaban J connectivity index is 2.83. The summed E-state index contributed by atoms with van der Waals surface area (Å²) in [7, 11) is 0. The van der Waals surface area contributed by atoms with Crippen molar-refractivity contribution in [1.82, 2.24) is 15.5 Å². The molecule has 0 spiro atoms. The number of urea groups is 1. The molecule has 0 unspecified atom stereocenters. The van der Waals surface area contributed by atoms with Gasteiger partial charge in [0.15, 0.2) is 0 Å². The first-order valence-electron chi connectivity index (χ1n) is 5.93. The summed E-state index contributed by atoms with van der Waals surface area (Å²) in [5.41, 5.74) is -1.81. The summed E-state index contributed by atoms with van der Waals surface area (Å²) in [6.07, 6.45) is 0. The third-order valence-electron chi connectivity index (χ3n) is 2.63. The van der Waals surface area contributed by atoms with Gasteiger partial charge in [-0.1, -0.05) is 0 Å². The minimum atomic E-state index is -1.35. The lowest BCUT2D eigenvalue weighted by Gasteiger charge is -2.34. The van der Waals surface area contributed by atoms with Gasteiger partial charge in [-0.25, -0.2) is 4.79 Å². The Morgan fingerprint density at radius 1 is 1.26 bits per heavy atom. The molecule has 0 aromatic rings. The molecule has 0 radical (unpaired) electrons. The zero-order valence-corrected chi connectivity index (χ0v) is 11.8. The maximum atomic E-state index is 12.0. The van der Waals surface area contributed by atoms with Gasteiger partial charge in [-0.15, -0.1) is 0 Å². The molecule has 1 aliphatic rings. The highest BCUT2D eigenvalue weighted by atomic mass is 16.2. The molecule has 1 rings (SSSR count). The predicted molar refractivity (Wildman–Crippen MR) is 66.9 cm³/mol. The van der Waals surface area contributed by atoms with Gasteiger partial charge in [0.2, 0.25) is 17.7 Å². The fourth-order valence-electron chi connectivity index (χ4n) is 1.59. The summed E-state index contributed by atoms with van der Waals surface area (Å²) < 4.78 is 0. The van der Waals surface area contributed by atoms with E-state index in [1.54, 1.807) is 20.8 Å². The number of rotatable bonds is 2. The Bertz CT molecular complexity index is 448. The van der Waals surface area contributed by atoms with Crippen molar-refractivity contribution in [2.24, 2.45) is 5.41 Å². The smallest absolute Gasteiger partial charge is 0.331 e. The van der Waals surface area contributed by atoms with E-state index >= 15 is 0 Å². The summed E-state index contributed by atoms with van der Waals surface area (Å²) in [5, 5.41) is 4.71. The first-order chi connectivity index (χ1) is 8.45. The van der Waals surface area contributed by atoms with Gasteiger partial charge in [-0.2, -0.15) is 0 Å². The molecule has 1 saturated heterocycles. The summed E-state index contributed by atoms with van der Waals surface area (Å²) in [6, 6.07) is -0.863. The van der Waals surface area contributed by atoms with Gasteiger partial charge in [0.25, 0.3) is 0 Å². The molecule has 19 heavy (non-hydrogen) atoms. The number of carbonyl (C=O) groups excluding carboxylic acids is 4. The van der Waals surface area contributed by atoms with E-state index in [0.717, 1.165) is 4.90 Å². The predicted octanol–water partition coefficient (Wildman–Crippen LogP) is 0.00570. The van der Waals surface area contributed by atoms with E-state index in [0.29, 0.717) is 0 Å². The minimum Gasteiger partial charge on any atom is -0.350 e. The van der Waals surface area contributed by atoms with Crippen molar-refractivity contribution in [2.45, 2.75) is 40.2 Å². The van der Waals surface area contributed by atoms with Crippen molar-refractivity contribution < 1.29 is 19.2 Å². The summed E-state index contributed by atoms with van der Waals surface area (Å²) >= 11 is 0. The average molecular weight is 269 g/mol. The molecule has 7 heteroatoms. The van der Waals surface area contributed by atoms with Crippen LogP contribution in [0.4, 0.5) is 4.79 Å². The van der Waals surface area contributed by atoms with Gasteiger partial charge in [0.05, 0.1) is 0 Å². The SMILES string of the molecule is CC(C)(C)NC(=O)CN1C(=O)NC(=O)C(C)(C)C1=O. The number of nitrogens with zero attached hydrogens (tertiary/aromatic N) is 1. The first-order valence-corrected chi connectivity index (χ1v) is 5.93. The average Bonchev–Trinajstić information content (AvgIpc) is 2.20. The second-order valence-corrected chi connectivity index (χ2v) is 6.07. The zero-order valence-electron chi connectivity index (χ0n) is 11.8. The molecular formula is C12H19N3O4. The van der Waals surface area contributed by atoms with E-state index in [9.17, 15) is 19.2 Å². The Morgan fingerprint density at radius 3 is 2.26 bits per heavy atom. The molecule has 0 bridgehead atoms. The molecule has 0 aliphatic carbocycles. The van der Waals surface area contributed by atoms with E-state index in [-0.39, 0.29) is 0 Å². The Hall–Kier alpha value is -1.92. The summed E-state index contributed by atoms with van der Waals surface area (Å²) in [4.78, 5) is 47.6. The number of barbiturate groups is 1. The Labute approximate surface area is 111 Å². The lowest BCUT2D eigenvalue weighted by Crippen LogP contribution is -2.63. The lowest BCUT2D eigenvalue weighted by molar-refractivity contribution is -0.150. The number of carbonyl (C=O) groups is 4. The van der Waals surface area contributed by atoms with Crippen LogP contribution >= 0.6 is 0 Å². The van der Waals surface area contributed by atoms with Crippen LogP contribution in [0.1, 0.15) is 34.6 Å². The summed E-state index contributed by atoms with van der Waals surface area (Å²) in [6.45, 7) is 7.78. The Kier molecular flexibility index (Phi) is 3.70. The molecule has 0 aromatic carbocycles. The number of amides is 5. The van der Waals surface area contributed by atoms with Gasteiger partial charge >= 0.3 is 6.03 Å². The quantitative estimate of drug-likeness (QED) is 0.690. The maximum absolute atomic E-state index is 12.0. The van der Waals surface area contributed by atoms with Gasteiger partial charge in [0.1, 0.15) is 12.0 Å². The van der Waals surface area contributed by atoms with Crippen LogP contribution in [-0.4, -0.2) is 40.7 Å². The third kappa shape index (κ3) is 3.30. The van der Waals surface area contributed by atoms with E-state index in [4.69, 9.17) is 0 Å². The molecule has 0 saturated carbocycles. The van der Waals surface area contributed by atoms with Crippen molar-refractivity contribution in [3.63, 3.8) is 0 Å². The van der Waals surface area contributed by atoms with E-state index < -0.39 is 41.3 Å². The van der Waals surface area contributed by atoms with Gasteiger partial charge in [0, 0.05) is 5.54 Å². The van der Waals surface area contributed by atoms with Crippen LogP contribution in [0, 0.1) is 5.41 Å². The van der Waals surface area contributed by atoms with E-state index in [1.165, 1.54) is 13.8 Å². The van der Waals surface area contributed by atoms with Crippen molar-refractivity contribution in [2.75, 3.05) is 6.54 Å². The molecular weight excluding hydrogens is 250 g/mol. The van der Waals surface area contributed by atoms with E-state index in [2.05, 4.69) is 10.6 Å². The molecule has 7 nitrogen and oxygen atoms in total. The van der Waals surface area contributed by atoms with Crippen LogP contribution in [0.2, 0.25) is 0 Å². The molecule has 0 atom stereocenters. The van der Waals surface area contributed by atoms with Crippen LogP contribution in [0.15, 0.2) is 0 Å². The minimum absolute atomic E-state index is 0.404. The molecule has 106 valence electrons. The monoisotopic (exact) mass is 269 g/mol. The fourth-order valence-corrected chi connectivity index (χ4v) is 1.59. The second kappa shape index (κ2) is 4.64. The van der Waals surface area contributed by atoms with Gasteiger partial charge in [-0.3, -0.25) is 24.6 Å². The molecule has 5 amide bonds. The third-order valence-corrected chi connectivity index (χ3v) is 2.63. The van der Waals surface area contributed by atoms with E-state index in [1.807, 2.05) is 0 Å². The van der Waals surface area contributed by atoms with Crippen LogP contribution in [-0.2, 0) is 14.4 Å². The second-order valence-electron chi connectivity index (χ2n) is 6.07. The van der Waals surface area contributed by atoms with Crippen molar-refractivity contribution in [3.8, 4) is 0 Å². The Morgan fingerprint density at radius 2 is 1.79 bits per heavy atom. The topological polar surface area (TPSA) is 95.6 Å². The highest BCUT2D eigenvalue weighted by Crippen LogP contribution is 2.23. The van der Waals surface area contributed by atoms with Crippen molar-refractivity contribution in [3.05, 3.63) is 0 Å². The van der Waals surface area contributed by atoms with Crippen molar-refractivity contribution in [1.29, 1.82) is 0 Å². The largest absolute Gasteiger partial charge is 0.350 e. The highest BCUT2D eigenvalue weighted by molar-refractivity contribution is 6.19. The first kappa shape index (κ1) is 15.1. The van der Waals surface area contributed by atoms with Crippen LogP contribution < -0.4 is 10.6 Å². The normalized spacial score (nSPS) is 19.2. The molecule has 1 aliphatic heterocycles.